The van der Waals surface area contributed by atoms with E-state index in [0.717, 1.165) is 26.6 Å². The summed E-state index contributed by atoms with van der Waals surface area (Å²) in [5.74, 6) is -0.970. The number of carbonyl (C=O) groups excluding carboxylic acids is 2. The van der Waals surface area contributed by atoms with Gasteiger partial charge in [-0.2, -0.15) is 0 Å². The standard InChI is InChI=1S/C34H35Cl2N3O4S/c1-23-10-14-30(15-11-23)44(42,43)39(29-17-24(2)16-25(3)18-29)22-33(40)38(21-27-12-13-28(35)20-31(27)36)32(34(41)37-4)19-26-8-6-5-7-9-26/h5-18,20,32H,19,21-22H2,1-4H3,(H,37,41)/t32-/m1/s1. The lowest BCUT2D eigenvalue weighted by atomic mass is 10.0. The van der Waals surface area contributed by atoms with Gasteiger partial charge in [0.25, 0.3) is 10.0 Å². The van der Waals surface area contributed by atoms with Crippen LogP contribution in [-0.2, 0) is 32.6 Å². The molecule has 4 aromatic carbocycles. The number of anilines is 1. The largest absolute Gasteiger partial charge is 0.357 e. The smallest absolute Gasteiger partial charge is 0.264 e. The van der Waals surface area contributed by atoms with Gasteiger partial charge in [-0.1, -0.05) is 83.4 Å². The molecule has 4 aromatic rings. The topological polar surface area (TPSA) is 86.8 Å². The Morgan fingerprint density at radius 2 is 1.45 bits per heavy atom. The Bertz CT molecular complexity index is 1730. The molecule has 0 aromatic heterocycles. The van der Waals surface area contributed by atoms with Crippen LogP contribution >= 0.6 is 23.2 Å². The second-order valence-electron chi connectivity index (χ2n) is 10.7. The Morgan fingerprint density at radius 3 is 2.05 bits per heavy atom. The molecule has 10 heteroatoms. The van der Waals surface area contributed by atoms with Crippen LogP contribution in [0.15, 0.2) is 95.9 Å². The number of rotatable bonds is 11. The Balaban J connectivity index is 1.83. The first kappa shape index (κ1) is 33.1. The highest BCUT2D eigenvalue weighted by atomic mass is 35.5. The van der Waals surface area contributed by atoms with Crippen LogP contribution in [0.1, 0.15) is 27.8 Å². The van der Waals surface area contributed by atoms with E-state index in [1.54, 1.807) is 42.5 Å². The molecular formula is C34H35Cl2N3O4S. The number of aryl methyl sites for hydroxylation is 3. The van der Waals surface area contributed by atoms with Crippen LogP contribution < -0.4 is 9.62 Å². The average Bonchev–Trinajstić information content (AvgIpc) is 2.98. The van der Waals surface area contributed by atoms with E-state index in [0.29, 0.717) is 21.3 Å². The minimum Gasteiger partial charge on any atom is -0.357 e. The lowest BCUT2D eigenvalue weighted by Crippen LogP contribution is -2.53. The van der Waals surface area contributed by atoms with Crippen molar-refractivity contribution in [1.29, 1.82) is 0 Å². The van der Waals surface area contributed by atoms with E-state index in [9.17, 15) is 18.0 Å². The molecule has 1 atom stereocenters. The van der Waals surface area contributed by atoms with Gasteiger partial charge in [-0.25, -0.2) is 8.42 Å². The van der Waals surface area contributed by atoms with Gasteiger partial charge in [0.1, 0.15) is 12.6 Å². The second kappa shape index (κ2) is 14.3. The van der Waals surface area contributed by atoms with Crippen LogP contribution in [0.2, 0.25) is 10.0 Å². The molecule has 0 saturated carbocycles. The monoisotopic (exact) mass is 651 g/mol. The Kier molecular flexibility index (Phi) is 10.7. The number of nitrogens with one attached hydrogen (secondary N) is 1. The number of amides is 2. The molecule has 0 bridgehead atoms. The molecule has 230 valence electrons. The molecule has 0 saturated heterocycles. The maximum atomic E-state index is 14.4. The van der Waals surface area contributed by atoms with Crippen molar-refractivity contribution < 1.29 is 18.0 Å². The lowest BCUT2D eigenvalue weighted by molar-refractivity contribution is -0.139. The fourth-order valence-electron chi connectivity index (χ4n) is 5.01. The van der Waals surface area contributed by atoms with Crippen LogP contribution in [-0.4, -0.2) is 44.8 Å². The van der Waals surface area contributed by atoms with Crippen LogP contribution in [0.3, 0.4) is 0 Å². The summed E-state index contributed by atoms with van der Waals surface area (Å²) in [5, 5.41) is 3.42. The fraction of sp³-hybridized carbons (Fsp3) is 0.235. The van der Waals surface area contributed by atoms with Crippen molar-refractivity contribution in [3.05, 3.63) is 129 Å². The normalized spacial score (nSPS) is 12.0. The summed E-state index contributed by atoms with van der Waals surface area (Å²) in [5.41, 5.74) is 4.33. The predicted octanol–water partition coefficient (Wildman–Crippen LogP) is 6.50. The molecule has 44 heavy (non-hydrogen) atoms. The number of likely N-dealkylation sites (N-methyl/N-ethyl adjacent to an activating group) is 1. The van der Waals surface area contributed by atoms with Gasteiger partial charge in [0.15, 0.2) is 0 Å². The molecule has 7 nitrogen and oxygen atoms in total. The van der Waals surface area contributed by atoms with Crippen molar-refractivity contribution in [2.24, 2.45) is 0 Å². The molecule has 0 unspecified atom stereocenters. The van der Waals surface area contributed by atoms with Crippen molar-refractivity contribution in [3.8, 4) is 0 Å². The van der Waals surface area contributed by atoms with E-state index in [1.807, 2.05) is 57.2 Å². The van der Waals surface area contributed by atoms with Crippen LogP contribution in [0, 0.1) is 20.8 Å². The molecule has 2 amide bonds. The van der Waals surface area contributed by atoms with Crippen molar-refractivity contribution >= 4 is 50.7 Å². The number of benzene rings is 4. The molecule has 0 fully saturated rings. The molecule has 0 aliphatic carbocycles. The van der Waals surface area contributed by atoms with Crippen molar-refractivity contribution in [3.63, 3.8) is 0 Å². The lowest BCUT2D eigenvalue weighted by Gasteiger charge is -2.34. The third-order valence-electron chi connectivity index (χ3n) is 7.26. The number of nitrogens with zero attached hydrogens (tertiary/aromatic N) is 2. The number of sulfonamides is 1. The van der Waals surface area contributed by atoms with Gasteiger partial charge in [-0.15, -0.1) is 0 Å². The third kappa shape index (κ3) is 8.00. The summed E-state index contributed by atoms with van der Waals surface area (Å²) < 4.78 is 29.4. The Labute approximate surface area is 269 Å². The summed E-state index contributed by atoms with van der Waals surface area (Å²) in [4.78, 5) is 29.3. The summed E-state index contributed by atoms with van der Waals surface area (Å²) in [6, 6.07) is 25.1. The Hall–Kier alpha value is -3.85. The van der Waals surface area contributed by atoms with Crippen molar-refractivity contribution in [2.45, 2.75) is 44.7 Å². The first-order valence-corrected chi connectivity index (χ1v) is 16.2. The van der Waals surface area contributed by atoms with Crippen LogP contribution in [0.25, 0.3) is 0 Å². The highest BCUT2D eigenvalue weighted by Crippen LogP contribution is 2.28. The van der Waals surface area contributed by atoms with E-state index in [-0.39, 0.29) is 17.9 Å². The summed E-state index contributed by atoms with van der Waals surface area (Å²) in [6.07, 6.45) is 0.200. The molecule has 0 aliphatic heterocycles. The van der Waals surface area contributed by atoms with Crippen LogP contribution in [0.4, 0.5) is 5.69 Å². The van der Waals surface area contributed by atoms with Gasteiger partial charge in [-0.3, -0.25) is 13.9 Å². The summed E-state index contributed by atoms with van der Waals surface area (Å²) >= 11 is 12.7. The van der Waals surface area contributed by atoms with Gasteiger partial charge >= 0.3 is 0 Å². The molecule has 0 radical (unpaired) electrons. The zero-order valence-electron chi connectivity index (χ0n) is 25.1. The van der Waals surface area contributed by atoms with Crippen molar-refractivity contribution in [2.75, 3.05) is 17.9 Å². The highest BCUT2D eigenvalue weighted by molar-refractivity contribution is 7.92. The van der Waals surface area contributed by atoms with E-state index in [4.69, 9.17) is 23.2 Å². The van der Waals surface area contributed by atoms with E-state index < -0.39 is 34.4 Å². The maximum absolute atomic E-state index is 14.4. The van der Waals surface area contributed by atoms with E-state index in [2.05, 4.69) is 5.32 Å². The zero-order valence-corrected chi connectivity index (χ0v) is 27.4. The van der Waals surface area contributed by atoms with Crippen molar-refractivity contribution in [1.82, 2.24) is 10.2 Å². The number of carbonyl (C=O) groups is 2. The van der Waals surface area contributed by atoms with Gasteiger partial charge < -0.3 is 10.2 Å². The highest BCUT2D eigenvalue weighted by Gasteiger charge is 2.34. The first-order chi connectivity index (χ1) is 20.9. The van der Waals surface area contributed by atoms with Gasteiger partial charge in [-0.05, 0) is 79.4 Å². The minimum absolute atomic E-state index is 0.0505. The maximum Gasteiger partial charge on any atom is 0.264 e. The summed E-state index contributed by atoms with van der Waals surface area (Å²) in [7, 11) is -2.69. The Morgan fingerprint density at radius 1 is 0.818 bits per heavy atom. The molecule has 0 heterocycles. The molecule has 0 aliphatic rings. The zero-order chi connectivity index (χ0) is 32.0. The molecule has 0 spiro atoms. The number of halogens is 2. The van der Waals surface area contributed by atoms with Crippen LogP contribution in [0.5, 0.6) is 0 Å². The number of hydrogen-bond donors (Lipinski definition) is 1. The van der Waals surface area contributed by atoms with E-state index >= 15 is 0 Å². The minimum atomic E-state index is -4.19. The van der Waals surface area contributed by atoms with Gasteiger partial charge in [0.2, 0.25) is 11.8 Å². The SMILES string of the molecule is CNC(=O)[C@@H](Cc1ccccc1)N(Cc1ccc(Cl)cc1Cl)C(=O)CN(c1cc(C)cc(C)c1)S(=O)(=O)c1ccc(C)cc1. The van der Waals surface area contributed by atoms with Gasteiger partial charge in [0.05, 0.1) is 10.6 Å². The third-order valence-corrected chi connectivity index (χ3v) is 9.63. The fourth-order valence-corrected chi connectivity index (χ4v) is 6.88. The molecular weight excluding hydrogens is 617 g/mol. The molecule has 1 N–H and O–H groups in total. The second-order valence-corrected chi connectivity index (χ2v) is 13.5. The van der Waals surface area contributed by atoms with E-state index in [1.165, 1.54) is 24.1 Å². The molecule has 4 rings (SSSR count). The first-order valence-electron chi connectivity index (χ1n) is 14.1. The van der Waals surface area contributed by atoms with Gasteiger partial charge in [0, 0.05) is 30.1 Å². The predicted molar refractivity (Wildman–Crippen MR) is 177 cm³/mol. The average molecular weight is 653 g/mol. The number of hydrogen-bond acceptors (Lipinski definition) is 4. The quantitative estimate of drug-likeness (QED) is 0.201. The summed E-state index contributed by atoms with van der Waals surface area (Å²) in [6.45, 7) is 5.00.